The second kappa shape index (κ2) is 3.74. The Morgan fingerprint density at radius 1 is 1.57 bits per heavy atom. The minimum Gasteiger partial charge on any atom is -0.480 e. The molecular formula is C8H7BrClN3O. The van der Waals surface area contributed by atoms with Gasteiger partial charge in [0.05, 0.1) is 23.0 Å². The van der Waals surface area contributed by atoms with E-state index >= 15 is 0 Å². The number of H-pyrrole nitrogens is 1. The Labute approximate surface area is 93.8 Å². The zero-order valence-electron chi connectivity index (χ0n) is 7.34. The van der Waals surface area contributed by atoms with Crippen LogP contribution in [0.5, 0.6) is 5.88 Å². The SMILES string of the molecule is COc1nc2nc(CCl)[nH]c2cc1Br. The molecule has 74 valence electrons. The largest absolute Gasteiger partial charge is 0.480 e. The number of hydrogen-bond acceptors (Lipinski definition) is 3. The van der Waals surface area contributed by atoms with Crippen LogP contribution in [0.2, 0.25) is 0 Å². The monoisotopic (exact) mass is 275 g/mol. The molecule has 2 aromatic heterocycles. The van der Waals surface area contributed by atoms with Gasteiger partial charge in [-0.3, -0.25) is 0 Å². The van der Waals surface area contributed by atoms with Crippen LogP contribution in [-0.4, -0.2) is 22.1 Å². The zero-order valence-corrected chi connectivity index (χ0v) is 9.68. The normalized spacial score (nSPS) is 10.8. The molecule has 1 N–H and O–H groups in total. The third kappa shape index (κ3) is 1.57. The fraction of sp³-hybridized carbons (Fsp3) is 0.250. The highest BCUT2D eigenvalue weighted by molar-refractivity contribution is 9.10. The molecule has 0 saturated carbocycles. The molecule has 0 bridgehead atoms. The standard InChI is InChI=1S/C8H7BrClN3O/c1-14-8-4(9)2-5-7(13-8)12-6(3-10)11-5/h2H,3H2,1H3,(H,11,12,13). The number of alkyl halides is 1. The summed E-state index contributed by atoms with van der Waals surface area (Å²) in [4.78, 5) is 11.4. The lowest BCUT2D eigenvalue weighted by Crippen LogP contribution is -1.89. The molecule has 0 aliphatic carbocycles. The average Bonchev–Trinajstić information content (AvgIpc) is 2.58. The number of ether oxygens (including phenoxy) is 1. The van der Waals surface area contributed by atoms with Crippen molar-refractivity contribution in [2.45, 2.75) is 5.88 Å². The fourth-order valence-corrected chi connectivity index (χ4v) is 1.76. The molecule has 0 unspecified atom stereocenters. The summed E-state index contributed by atoms with van der Waals surface area (Å²) in [7, 11) is 1.56. The van der Waals surface area contributed by atoms with Crippen LogP contribution < -0.4 is 4.74 Å². The summed E-state index contributed by atoms with van der Waals surface area (Å²) in [5.74, 6) is 1.57. The Hall–Kier alpha value is -0.810. The van der Waals surface area contributed by atoms with E-state index in [2.05, 4.69) is 30.9 Å². The summed E-state index contributed by atoms with van der Waals surface area (Å²) in [5.41, 5.74) is 1.45. The minimum atomic E-state index is 0.344. The van der Waals surface area contributed by atoms with Gasteiger partial charge in [-0.2, -0.15) is 4.98 Å². The van der Waals surface area contributed by atoms with Crippen LogP contribution in [-0.2, 0) is 5.88 Å². The lowest BCUT2D eigenvalue weighted by atomic mass is 10.4. The smallest absolute Gasteiger partial charge is 0.229 e. The van der Waals surface area contributed by atoms with Crippen molar-refractivity contribution < 1.29 is 4.74 Å². The predicted octanol–water partition coefficient (Wildman–Crippen LogP) is 2.47. The van der Waals surface area contributed by atoms with Gasteiger partial charge in [0.15, 0.2) is 5.65 Å². The van der Waals surface area contributed by atoms with Gasteiger partial charge in [0, 0.05) is 0 Å². The molecule has 6 heteroatoms. The van der Waals surface area contributed by atoms with E-state index in [-0.39, 0.29) is 0 Å². The van der Waals surface area contributed by atoms with Crippen LogP contribution in [0.3, 0.4) is 0 Å². The van der Waals surface area contributed by atoms with Crippen molar-refractivity contribution in [2.24, 2.45) is 0 Å². The number of pyridine rings is 1. The van der Waals surface area contributed by atoms with E-state index in [1.165, 1.54) is 0 Å². The number of methoxy groups -OCH3 is 1. The van der Waals surface area contributed by atoms with Crippen molar-refractivity contribution in [3.8, 4) is 5.88 Å². The number of fused-ring (bicyclic) bond motifs is 1. The van der Waals surface area contributed by atoms with Crippen LogP contribution in [0.25, 0.3) is 11.2 Å². The van der Waals surface area contributed by atoms with E-state index in [0.29, 0.717) is 23.2 Å². The lowest BCUT2D eigenvalue weighted by Gasteiger charge is -1.99. The van der Waals surface area contributed by atoms with Crippen molar-refractivity contribution in [2.75, 3.05) is 7.11 Å². The quantitative estimate of drug-likeness (QED) is 0.857. The number of aromatic amines is 1. The Balaban J connectivity index is 2.64. The minimum absolute atomic E-state index is 0.344. The molecule has 0 radical (unpaired) electrons. The molecule has 0 fully saturated rings. The van der Waals surface area contributed by atoms with Gasteiger partial charge in [-0.05, 0) is 22.0 Å². The average molecular weight is 277 g/mol. The van der Waals surface area contributed by atoms with Gasteiger partial charge in [0.25, 0.3) is 0 Å². The van der Waals surface area contributed by atoms with Crippen LogP contribution in [0.1, 0.15) is 5.82 Å². The van der Waals surface area contributed by atoms with E-state index in [1.807, 2.05) is 6.07 Å². The molecule has 0 amide bonds. The number of aromatic nitrogens is 3. The first-order valence-electron chi connectivity index (χ1n) is 3.89. The zero-order chi connectivity index (χ0) is 10.1. The lowest BCUT2D eigenvalue weighted by molar-refractivity contribution is 0.396. The molecule has 0 atom stereocenters. The molecule has 2 heterocycles. The summed E-state index contributed by atoms with van der Waals surface area (Å²) < 4.78 is 5.84. The van der Waals surface area contributed by atoms with Gasteiger partial charge in [-0.1, -0.05) is 0 Å². The van der Waals surface area contributed by atoms with Gasteiger partial charge in [0.2, 0.25) is 5.88 Å². The fourth-order valence-electron chi connectivity index (χ4n) is 1.16. The summed E-state index contributed by atoms with van der Waals surface area (Å²) in [5, 5.41) is 0. The summed E-state index contributed by atoms with van der Waals surface area (Å²) in [6.45, 7) is 0. The maximum absolute atomic E-state index is 5.65. The molecule has 14 heavy (non-hydrogen) atoms. The number of halogens is 2. The number of nitrogens with one attached hydrogen (secondary N) is 1. The van der Waals surface area contributed by atoms with Crippen LogP contribution in [0.4, 0.5) is 0 Å². The molecular weight excluding hydrogens is 269 g/mol. The van der Waals surface area contributed by atoms with E-state index in [1.54, 1.807) is 7.11 Å². The van der Waals surface area contributed by atoms with Crippen molar-refractivity contribution >= 4 is 38.7 Å². The van der Waals surface area contributed by atoms with Crippen molar-refractivity contribution in [1.82, 2.24) is 15.0 Å². The van der Waals surface area contributed by atoms with Crippen LogP contribution >= 0.6 is 27.5 Å². The van der Waals surface area contributed by atoms with Crippen molar-refractivity contribution in [1.29, 1.82) is 0 Å². The Morgan fingerprint density at radius 3 is 3.00 bits per heavy atom. The molecule has 0 aliphatic heterocycles. The topological polar surface area (TPSA) is 50.8 Å². The molecule has 0 saturated heterocycles. The number of hydrogen-bond donors (Lipinski definition) is 1. The van der Waals surface area contributed by atoms with Crippen molar-refractivity contribution in [3.63, 3.8) is 0 Å². The van der Waals surface area contributed by atoms with Crippen molar-refractivity contribution in [3.05, 3.63) is 16.4 Å². The van der Waals surface area contributed by atoms with Crippen LogP contribution in [0, 0.1) is 0 Å². The molecule has 0 aliphatic rings. The molecule has 0 aromatic carbocycles. The first-order chi connectivity index (χ1) is 6.74. The summed E-state index contributed by atoms with van der Waals surface area (Å²) >= 11 is 8.99. The second-order valence-corrected chi connectivity index (χ2v) is 3.79. The van der Waals surface area contributed by atoms with E-state index in [0.717, 1.165) is 9.99 Å². The summed E-state index contributed by atoms with van der Waals surface area (Å²) in [6.07, 6.45) is 0. The first-order valence-corrected chi connectivity index (χ1v) is 5.22. The van der Waals surface area contributed by atoms with E-state index < -0.39 is 0 Å². The highest BCUT2D eigenvalue weighted by atomic mass is 79.9. The summed E-state index contributed by atoms with van der Waals surface area (Å²) in [6, 6.07) is 1.87. The van der Waals surface area contributed by atoms with Gasteiger partial charge >= 0.3 is 0 Å². The molecule has 0 spiro atoms. The Bertz CT molecular complexity index is 471. The van der Waals surface area contributed by atoms with E-state index in [4.69, 9.17) is 16.3 Å². The van der Waals surface area contributed by atoms with Gasteiger partial charge < -0.3 is 9.72 Å². The third-order valence-electron chi connectivity index (χ3n) is 1.76. The Kier molecular flexibility index (Phi) is 2.60. The first kappa shape index (κ1) is 9.73. The second-order valence-electron chi connectivity index (χ2n) is 2.67. The highest BCUT2D eigenvalue weighted by Crippen LogP contribution is 2.25. The molecule has 2 rings (SSSR count). The number of rotatable bonds is 2. The Morgan fingerprint density at radius 2 is 2.36 bits per heavy atom. The number of imidazole rings is 1. The highest BCUT2D eigenvalue weighted by Gasteiger charge is 2.08. The molecule has 4 nitrogen and oxygen atoms in total. The van der Waals surface area contributed by atoms with Gasteiger partial charge in [-0.15, -0.1) is 11.6 Å². The van der Waals surface area contributed by atoms with Crippen LogP contribution in [0.15, 0.2) is 10.5 Å². The maximum Gasteiger partial charge on any atom is 0.229 e. The third-order valence-corrected chi connectivity index (χ3v) is 2.58. The van der Waals surface area contributed by atoms with Gasteiger partial charge in [0.1, 0.15) is 5.82 Å². The van der Waals surface area contributed by atoms with E-state index in [9.17, 15) is 0 Å². The maximum atomic E-state index is 5.65. The predicted molar refractivity (Wildman–Crippen MR) is 57.7 cm³/mol. The number of nitrogens with zero attached hydrogens (tertiary/aromatic N) is 2. The molecule has 2 aromatic rings. The van der Waals surface area contributed by atoms with Gasteiger partial charge in [-0.25, -0.2) is 4.98 Å².